The number of benzene rings is 2. The van der Waals surface area contributed by atoms with Crippen molar-refractivity contribution < 1.29 is 22.8 Å². The van der Waals surface area contributed by atoms with Gasteiger partial charge in [-0.15, -0.1) is 0 Å². The van der Waals surface area contributed by atoms with Gasteiger partial charge >= 0.3 is 6.18 Å². The lowest BCUT2D eigenvalue weighted by molar-refractivity contribution is -0.142. The van der Waals surface area contributed by atoms with E-state index in [9.17, 15) is 22.8 Å². The van der Waals surface area contributed by atoms with Gasteiger partial charge in [0.1, 0.15) is 5.54 Å². The highest BCUT2D eigenvalue weighted by atomic mass is 19.4. The van der Waals surface area contributed by atoms with E-state index in [2.05, 4.69) is 10.2 Å². The lowest BCUT2D eigenvalue weighted by Crippen LogP contribution is -2.59. The zero-order valence-corrected chi connectivity index (χ0v) is 17.8. The number of para-hydroxylation sites is 1. The van der Waals surface area contributed by atoms with Crippen molar-refractivity contribution in [1.82, 2.24) is 10.2 Å². The monoisotopic (exact) mass is 433 g/mol. The van der Waals surface area contributed by atoms with Crippen molar-refractivity contribution in [3.63, 3.8) is 0 Å². The molecule has 2 aromatic rings. The maximum atomic E-state index is 13.4. The van der Waals surface area contributed by atoms with Crippen LogP contribution in [0.1, 0.15) is 30.5 Å². The number of rotatable bonds is 4. The molecule has 0 saturated carbocycles. The Morgan fingerprint density at radius 2 is 1.55 bits per heavy atom. The Hall–Kier alpha value is -3.03. The van der Waals surface area contributed by atoms with Crippen molar-refractivity contribution >= 4 is 17.5 Å². The zero-order valence-electron chi connectivity index (χ0n) is 17.8. The van der Waals surface area contributed by atoms with Crippen LogP contribution < -0.4 is 10.2 Å². The lowest BCUT2D eigenvalue weighted by Gasteiger charge is -2.41. The SMILES string of the molecule is CC(=O)NC(C)(C(=O)N1CCN(c2ccccc2C)CC1)c1cccc(C(F)(F)F)c1. The van der Waals surface area contributed by atoms with Gasteiger partial charge in [0.15, 0.2) is 0 Å². The van der Waals surface area contributed by atoms with Crippen LogP contribution in [0.15, 0.2) is 48.5 Å². The molecule has 0 spiro atoms. The first-order valence-electron chi connectivity index (χ1n) is 10.1. The van der Waals surface area contributed by atoms with Gasteiger partial charge in [0.25, 0.3) is 5.91 Å². The molecule has 1 N–H and O–H groups in total. The number of carbonyl (C=O) groups is 2. The molecule has 3 rings (SSSR count). The number of anilines is 1. The Morgan fingerprint density at radius 1 is 0.935 bits per heavy atom. The Labute approximate surface area is 179 Å². The Bertz CT molecular complexity index is 969. The summed E-state index contributed by atoms with van der Waals surface area (Å²) in [6, 6.07) is 12.5. The van der Waals surface area contributed by atoms with E-state index in [0.29, 0.717) is 26.2 Å². The molecular formula is C23H26F3N3O2. The highest BCUT2D eigenvalue weighted by molar-refractivity contribution is 5.92. The molecule has 0 aromatic heterocycles. The predicted molar refractivity (Wildman–Crippen MR) is 113 cm³/mol. The maximum absolute atomic E-state index is 13.4. The van der Waals surface area contributed by atoms with Crippen molar-refractivity contribution in [3.05, 3.63) is 65.2 Å². The number of aryl methyl sites for hydroxylation is 1. The molecule has 5 nitrogen and oxygen atoms in total. The van der Waals surface area contributed by atoms with Crippen LogP contribution >= 0.6 is 0 Å². The third-order valence-electron chi connectivity index (χ3n) is 5.64. The van der Waals surface area contributed by atoms with Crippen molar-refractivity contribution in [1.29, 1.82) is 0 Å². The minimum atomic E-state index is -4.55. The fourth-order valence-corrected chi connectivity index (χ4v) is 3.99. The summed E-state index contributed by atoms with van der Waals surface area (Å²) in [6.45, 7) is 6.72. The van der Waals surface area contributed by atoms with E-state index >= 15 is 0 Å². The van der Waals surface area contributed by atoms with E-state index in [-0.39, 0.29) is 5.56 Å². The van der Waals surface area contributed by atoms with E-state index in [4.69, 9.17) is 0 Å². The Kier molecular flexibility index (Phi) is 6.29. The number of hydrogen-bond donors (Lipinski definition) is 1. The van der Waals surface area contributed by atoms with Crippen molar-refractivity contribution in [2.24, 2.45) is 0 Å². The lowest BCUT2D eigenvalue weighted by atomic mass is 9.88. The van der Waals surface area contributed by atoms with Gasteiger partial charge in [-0.25, -0.2) is 0 Å². The molecule has 2 aromatic carbocycles. The molecule has 1 heterocycles. The molecule has 0 aliphatic carbocycles. The summed E-state index contributed by atoms with van der Waals surface area (Å²) in [5.74, 6) is -0.918. The van der Waals surface area contributed by atoms with Crippen molar-refractivity contribution in [2.75, 3.05) is 31.1 Å². The fraction of sp³-hybridized carbons (Fsp3) is 0.391. The molecule has 2 amide bonds. The van der Waals surface area contributed by atoms with Crippen molar-refractivity contribution in [3.8, 4) is 0 Å². The van der Waals surface area contributed by atoms with E-state index in [1.165, 1.54) is 26.0 Å². The summed E-state index contributed by atoms with van der Waals surface area (Å²) in [7, 11) is 0. The molecule has 166 valence electrons. The first-order chi connectivity index (χ1) is 14.5. The largest absolute Gasteiger partial charge is 0.416 e. The molecule has 1 fully saturated rings. The fourth-order valence-electron chi connectivity index (χ4n) is 3.99. The molecule has 8 heteroatoms. The second-order valence-corrected chi connectivity index (χ2v) is 7.95. The van der Waals surface area contributed by atoms with Crippen molar-refractivity contribution in [2.45, 2.75) is 32.5 Å². The molecule has 1 atom stereocenters. The molecular weight excluding hydrogens is 407 g/mol. The Morgan fingerprint density at radius 3 is 2.13 bits per heavy atom. The van der Waals surface area contributed by atoms with Gasteiger partial charge in [-0.05, 0) is 43.2 Å². The van der Waals surface area contributed by atoms with Gasteiger partial charge in [0, 0.05) is 38.8 Å². The summed E-state index contributed by atoms with van der Waals surface area (Å²) in [6.07, 6.45) is -4.55. The number of piperazine rings is 1. The molecule has 1 aliphatic heterocycles. The summed E-state index contributed by atoms with van der Waals surface area (Å²) >= 11 is 0. The van der Waals surface area contributed by atoms with E-state index < -0.39 is 29.1 Å². The van der Waals surface area contributed by atoms with Gasteiger partial charge in [0.05, 0.1) is 5.56 Å². The molecule has 0 radical (unpaired) electrons. The molecule has 31 heavy (non-hydrogen) atoms. The second kappa shape index (κ2) is 8.61. The highest BCUT2D eigenvalue weighted by Crippen LogP contribution is 2.33. The number of alkyl halides is 3. The second-order valence-electron chi connectivity index (χ2n) is 7.95. The predicted octanol–water partition coefficient (Wildman–Crippen LogP) is 3.71. The van der Waals surface area contributed by atoms with Crippen LogP contribution in [0.2, 0.25) is 0 Å². The minimum Gasteiger partial charge on any atom is -0.368 e. The average Bonchev–Trinajstić information content (AvgIpc) is 2.73. The summed E-state index contributed by atoms with van der Waals surface area (Å²) in [4.78, 5) is 29.1. The van der Waals surface area contributed by atoms with E-state index in [0.717, 1.165) is 23.4 Å². The third-order valence-corrected chi connectivity index (χ3v) is 5.64. The van der Waals surface area contributed by atoms with Crippen LogP contribution in [0.4, 0.5) is 18.9 Å². The zero-order chi connectivity index (χ0) is 22.8. The van der Waals surface area contributed by atoms with Crippen LogP contribution in [0.5, 0.6) is 0 Å². The number of halogens is 3. The van der Waals surface area contributed by atoms with E-state index in [1.807, 2.05) is 31.2 Å². The summed E-state index contributed by atoms with van der Waals surface area (Å²) in [5.41, 5.74) is -0.133. The normalized spacial score (nSPS) is 16.6. The number of nitrogens with one attached hydrogen (secondary N) is 1. The molecule has 1 aliphatic rings. The van der Waals surface area contributed by atoms with Gasteiger partial charge < -0.3 is 15.1 Å². The minimum absolute atomic E-state index is 0.101. The number of nitrogens with zero attached hydrogens (tertiary/aromatic N) is 2. The first-order valence-corrected chi connectivity index (χ1v) is 10.1. The molecule has 1 saturated heterocycles. The maximum Gasteiger partial charge on any atom is 0.416 e. The third kappa shape index (κ3) is 4.84. The number of hydrogen-bond acceptors (Lipinski definition) is 3. The van der Waals surface area contributed by atoms with Gasteiger partial charge in [-0.2, -0.15) is 13.2 Å². The summed E-state index contributed by atoms with van der Waals surface area (Å²) < 4.78 is 39.7. The Balaban J connectivity index is 1.84. The smallest absolute Gasteiger partial charge is 0.368 e. The van der Waals surface area contributed by atoms with Crippen LogP contribution in [0.25, 0.3) is 0 Å². The van der Waals surface area contributed by atoms with Gasteiger partial charge in [0.2, 0.25) is 5.91 Å². The topological polar surface area (TPSA) is 52.7 Å². The quantitative estimate of drug-likeness (QED) is 0.800. The van der Waals surface area contributed by atoms with Gasteiger partial charge in [-0.3, -0.25) is 9.59 Å². The van der Waals surface area contributed by atoms with E-state index in [1.54, 1.807) is 4.90 Å². The highest BCUT2D eigenvalue weighted by Gasteiger charge is 2.41. The van der Waals surface area contributed by atoms with Crippen LogP contribution in [-0.2, 0) is 21.3 Å². The number of carbonyl (C=O) groups excluding carboxylic acids is 2. The number of amides is 2. The van der Waals surface area contributed by atoms with Gasteiger partial charge in [-0.1, -0.05) is 30.3 Å². The molecule has 0 bridgehead atoms. The summed E-state index contributed by atoms with van der Waals surface area (Å²) in [5, 5.41) is 2.59. The van der Waals surface area contributed by atoms with Crippen LogP contribution in [0.3, 0.4) is 0 Å². The van der Waals surface area contributed by atoms with Crippen LogP contribution in [-0.4, -0.2) is 42.9 Å². The van der Waals surface area contributed by atoms with Crippen LogP contribution in [0, 0.1) is 6.92 Å². The average molecular weight is 433 g/mol. The standard InChI is InChI=1S/C23H26F3N3O2/c1-16-7-4-5-10-20(16)28-11-13-29(14-12-28)21(31)22(3,27-17(2)30)18-8-6-9-19(15-18)23(24,25)26/h4-10,15H,11-14H2,1-3H3,(H,27,30). The molecule has 1 unspecified atom stereocenters. The first kappa shape index (κ1) is 22.7.